The van der Waals surface area contributed by atoms with Crippen molar-refractivity contribution in [3.05, 3.63) is 64.1 Å². The number of rotatable bonds is 7. The summed E-state index contributed by atoms with van der Waals surface area (Å²) >= 11 is 0. The number of hydrogen-bond donors (Lipinski definition) is 1. The number of carbonyl (C=O) groups excluding carboxylic acids is 1. The summed E-state index contributed by atoms with van der Waals surface area (Å²) in [5.41, 5.74) is 3.04. The molecule has 0 radical (unpaired) electrons. The summed E-state index contributed by atoms with van der Waals surface area (Å²) < 4.78 is 12.1. The van der Waals surface area contributed by atoms with Crippen LogP contribution < -0.4 is 20.5 Å². The van der Waals surface area contributed by atoms with Gasteiger partial charge in [0.2, 0.25) is 0 Å². The van der Waals surface area contributed by atoms with Crippen LogP contribution in [0.1, 0.15) is 29.4 Å². The van der Waals surface area contributed by atoms with E-state index in [0.717, 1.165) is 16.7 Å². The van der Waals surface area contributed by atoms with Crippen molar-refractivity contribution in [2.75, 3.05) is 13.7 Å². The fourth-order valence-corrected chi connectivity index (χ4v) is 2.78. The Kier molecular flexibility index (Phi) is 6.23. The molecule has 150 valence electrons. The maximum atomic E-state index is 12.6. The summed E-state index contributed by atoms with van der Waals surface area (Å²) in [6, 6.07) is 12.2. The average molecular weight is 394 g/mol. The van der Waals surface area contributed by atoms with E-state index in [1.807, 2.05) is 13.0 Å². The summed E-state index contributed by atoms with van der Waals surface area (Å²) in [7, 11) is 3.07. The maximum Gasteiger partial charge on any atom is 0.292 e. The number of benzene rings is 2. The SMILES string of the molecule is CCCOc1ccc(C=NNC(=O)c2nn(C)c(=O)c3ccccc23)cc1OC. The average Bonchev–Trinajstić information content (AvgIpc) is 2.75. The third-order valence-corrected chi connectivity index (χ3v) is 4.20. The lowest BCUT2D eigenvalue weighted by molar-refractivity contribution is 0.0950. The predicted molar refractivity (Wildman–Crippen MR) is 111 cm³/mol. The van der Waals surface area contributed by atoms with E-state index in [0.29, 0.717) is 28.9 Å². The predicted octanol–water partition coefficient (Wildman–Crippen LogP) is 2.49. The van der Waals surface area contributed by atoms with Crippen LogP contribution in [0.3, 0.4) is 0 Å². The smallest absolute Gasteiger partial charge is 0.292 e. The van der Waals surface area contributed by atoms with Crippen molar-refractivity contribution in [2.45, 2.75) is 13.3 Å². The number of fused-ring (bicyclic) bond motifs is 1. The zero-order valence-electron chi connectivity index (χ0n) is 16.5. The number of amides is 1. The number of hydrazone groups is 1. The Bertz CT molecular complexity index is 1120. The van der Waals surface area contributed by atoms with Gasteiger partial charge < -0.3 is 9.47 Å². The maximum absolute atomic E-state index is 12.6. The highest BCUT2D eigenvalue weighted by Gasteiger charge is 2.15. The molecule has 0 saturated heterocycles. The molecule has 1 heterocycles. The fourth-order valence-electron chi connectivity index (χ4n) is 2.78. The second-order valence-electron chi connectivity index (χ2n) is 6.28. The standard InChI is InChI=1S/C21H22N4O4/c1-4-11-29-17-10-9-14(12-18(17)28-3)13-22-23-20(26)19-15-7-5-6-8-16(15)21(27)25(2)24-19/h5-10,12-13H,4,11H2,1-3H3,(H,23,26). The first-order valence-electron chi connectivity index (χ1n) is 9.15. The molecule has 0 spiro atoms. The van der Waals surface area contributed by atoms with Crippen molar-refractivity contribution in [2.24, 2.45) is 12.1 Å². The Morgan fingerprint density at radius 3 is 2.69 bits per heavy atom. The molecule has 0 aliphatic rings. The molecule has 0 bridgehead atoms. The third-order valence-electron chi connectivity index (χ3n) is 4.20. The van der Waals surface area contributed by atoms with Crippen LogP contribution in [0.5, 0.6) is 11.5 Å². The molecule has 0 fully saturated rings. The Labute approximate surface area is 167 Å². The van der Waals surface area contributed by atoms with Gasteiger partial charge in [-0.3, -0.25) is 9.59 Å². The van der Waals surface area contributed by atoms with Crippen molar-refractivity contribution >= 4 is 22.9 Å². The van der Waals surface area contributed by atoms with E-state index >= 15 is 0 Å². The van der Waals surface area contributed by atoms with Crippen LogP contribution in [0, 0.1) is 0 Å². The van der Waals surface area contributed by atoms with E-state index in [1.54, 1.807) is 43.5 Å². The fraction of sp³-hybridized carbons (Fsp3) is 0.238. The van der Waals surface area contributed by atoms with Gasteiger partial charge in [-0.1, -0.05) is 25.1 Å². The van der Waals surface area contributed by atoms with Crippen molar-refractivity contribution in [1.82, 2.24) is 15.2 Å². The molecule has 0 atom stereocenters. The van der Waals surface area contributed by atoms with Gasteiger partial charge in [0.25, 0.3) is 11.5 Å². The van der Waals surface area contributed by atoms with Crippen LogP contribution >= 0.6 is 0 Å². The highest BCUT2D eigenvalue weighted by atomic mass is 16.5. The first kappa shape index (κ1) is 20.1. The highest BCUT2D eigenvalue weighted by Crippen LogP contribution is 2.27. The lowest BCUT2D eigenvalue weighted by atomic mass is 10.1. The molecular formula is C21H22N4O4. The Hall–Kier alpha value is -3.68. The Morgan fingerprint density at radius 2 is 1.97 bits per heavy atom. The van der Waals surface area contributed by atoms with Gasteiger partial charge in [-0.15, -0.1) is 0 Å². The first-order chi connectivity index (χ1) is 14.0. The van der Waals surface area contributed by atoms with E-state index in [2.05, 4.69) is 15.6 Å². The molecule has 1 amide bonds. The van der Waals surface area contributed by atoms with Gasteiger partial charge >= 0.3 is 0 Å². The molecule has 1 aromatic heterocycles. The van der Waals surface area contributed by atoms with Crippen molar-refractivity contribution in [3.8, 4) is 11.5 Å². The monoisotopic (exact) mass is 394 g/mol. The van der Waals surface area contributed by atoms with Crippen molar-refractivity contribution < 1.29 is 14.3 Å². The normalized spacial score (nSPS) is 11.0. The van der Waals surface area contributed by atoms with Gasteiger partial charge in [0, 0.05) is 12.4 Å². The number of ether oxygens (including phenoxy) is 2. The minimum absolute atomic E-state index is 0.126. The van der Waals surface area contributed by atoms with Crippen LogP contribution in [0.15, 0.2) is 52.4 Å². The van der Waals surface area contributed by atoms with Gasteiger partial charge in [0.05, 0.1) is 25.3 Å². The quantitative estimate of drug-likeness (QED) is 0.491. The lowest BCUT2D eigenvalue weighted by Crippen LogP contribution is -2.27. The second kappa shape index (κ2) is 9.01. The number of hydrogen-bond acceptors (Lipinski definition) is 6. The molecule has 8 nitrogen and oxygen atoms in total. The van der Waals surface area contributed by atoms with E-state index in [-0.39, 0.29) is 11.3 Å². The zero-order chi connectivity index (χ0) is 20.8. The number of nitrogens with one attached hydrogen (secondary N) is 1. The molecule has 0 saturated carbocycles. The molecule has 3 rings (SSSR count). The number of nitrogens with zero attached hydrogens (tertiary/aromatic N) is 3. The molecule has 1 N–H and O–H groups in total. The minimum atomic E-state index is -0.511. The molecular weight excluding hydrogens is 372 g/mol. The summed E-state index contributed by atoms with van der Waals surface area (Å²) in [5, 5.41) is 8.97. The number of methoxy groups -OCH3 is 1. The van der Waals surface area contributed by atoms with E-state index in [4.69, 9.17) is 9.47 Å². The Balaban J connectivity index is 1.79. The summed E-state index contributed by atoms with van der Waals surface area (Å²) in [4.78, 5) is 24.7. The molecule has 2 aromatic carbocycles. The largest absolute Gasteiger partial charge is 0.493 e. The molecule has 29 heavy (non-hydrogen) atoms. The minimum Gasteiger partial charge on any atom is -0.493 e. The number of aryl methyl sites for hydroxylation is 1. The van der Waals surface area contributed by atoms with Crippen LogP contribution in [-0.2, 0) is 7.05 Å². The highest BCUT2D eigenvalue weighted by molar-refractivity contribution is 6.04. The topological polar surface area (TPSA) is 94.8 Å². The van der Waals surface area contributed by atoms with Crippen LogP contribution in [0.4, 0.5) is 0 Å². The summed E-state index contributed by atoms with van der Waals surface area (Å²) in [6.07, 6.45) is 2.39. The van der Waals surface area contributed by atoms with E-state index < -0.39 is 5.91 Å². The lowest BCUT2D eigenvalue weighted by Gasteiger charge is -2.10. The van der Waals surface area contributed by atoms with Crippen LogP contribution in [-0.4, -0.2) is 35.6 Å². The molecule has 0 aliphatic carbocycles. The van der Waals surface area contributed by atoms with Crippen molar-refractivity contribution in [3.63, 3.8) is 0 Å². The molecule has 8 heteroatoms. The third kappa shape index (κ3) is 4.43. The summed E-state index contributed by atoms with van der Waals surface area (Å²) in [6.45, 7) is 2.62. The van der Waals surface area contributed by atoms with Gasteiger partial charge in [0.15, 0.2) is 17.2 Å². The second-order valence-corrected chi connectivity index (χ2v) is 6.28. The summed E-state index contributed by atoms with van der Waals surface area (Å²) in [5.74, 6) is 0.721. The van der Waals surface area contributed by atoms with Gasteiger partial charge in [-0.05, 0) is 36.2 Å². The molecule has 3 aromatic rings. The first-order valence-corrected chi connectivity index (χ1v) is 9.15. The molecule has 0 aliphatic heterocycles. The van der Waals surface area contributed by atoms with Crippen LogP contribution in [0.25, 0.3) is 10.8 Å². The van der Waals surface area contributed by atoms with E-state index in [1.165, 1.54) is 13.3 Å². The van der Waals surface area contributed by atoms with Gasteiger partial charge in [-0.25, -0.2) is 10.1 Å². The Morgan fingerprint density at radius 1 is 1.21 bits per heavy atom. The number of aromatic nitrogens is 2. The molecule has 0 unspecified atom stereocenters. The van der Waals surface area contributed by atoms with Crippen LogP contribution in [0.2, 0.25) is 0 Å². The van der Waals surface area contributed by atoms with Gasteiger partial charge in [-0.2, -0.15) is 10.2 Å². The van der Waals surface area contributed by atoms with E-state index in [9.17, 15) is 9.59 Å². The van der Waals surface area contributed by atoms with Crippen molar-refractivity contribution in [1.29, 1.82) is 0 Å². The zero-order valence-corrected chi connectivity index (χ0v) is 16.5. The van der Waals surface area contributed by atoms with Gasteiger partial charge in [0.1, 0.15) is 0 Å². The number of carbonyl (C=O) groups is 1.